The summed E-state index contributed by atoms with van der Waals surface area (Å²) in [6, 6.07) is 3.66. The zero-order valence-corrected chi connectivity index (χ0v) is 14.2. The Morgan fingerprint density at radius 3 is 2.70 bits per heavy atom. The van der Waals surface area contributed by atoms with Gasteiger partial charge in [-0.05, 0) is 52.5 Å². The van der Waals surface area contributed by atoms with Crippen molar-refractivity contribution in [1.82, 2.24) is 4.31 Å². The number of benzene rings is 1. The molecule has 114 valence electrons. The molecule has 1 heterocycles. The molecule has 1 saturated heterocycles. The van der Waals surface area contributed by atoms with Crippen LogP contribution in [0.4, 0.5) is 4.39 Å². The third-order valence-corrected chi connectivity index (χ3v) is 6.37. The molecule has 0 bridgehead atoms. The van der Waals surface area contributed by atoms with Gasteiger partial charge >= 0.3 is 0 Å². The highest BCUT2D eigenvalue weighted by Gasteiger charge is 2.39. The molecule has 2 N–H and O–H groups in total. The molecule has 0 spiro atoms. The predicted molar refractivity (Wildman–Crippen MR) is 81.9 cm³/mol. The average Bonchev–Trinajstić information content (AvgIpc) is 2.76. The van der Waals surface area contributed by atoms with Crippen LogP contribution in [0.3, 0.4) is 0 Å². The SMILES string of the molecule is CC1(CN)CCN(S(=O)(=O)c2cc(F)ccc2Br)C1.Cl. The van der Waals surface area contributed by atoms with Gasteiger partial charge in [0.1, 0.15) is 5.82 Å². The molecule has 1 unspecified atom stereocenters. The summed E-state index contributed by atoms with van der Waals surface area (Å²) in [5.41, 5.74) is 5.47. The molecule has 1 aromatic rings. The summed E-state index contributed by atoms with van der Waals surface area (Å²) in [6.45, 7) is 3.18. The van der Waals surface area contributed by atoms with Gasteiger partial charge in [-0.1, -0.05) is 6.92 Å². The molecule has 2 rings (SSSR count). The van der Waals surface area contributed by atoms with Crippen LogP contribution in [0.15, 0.2) is 27.6 Å². The summed E-state index contributed by atoms with van der Waals surface area (Å²) in [5, 5.41) is 0. The molecule has 20 heavy (non-hydrogen) atoms. The summed E-state index contributed by atoms with van der Waals surface area (Å²) in [6.07, 6.45) is 0.718. The van der Waals surface area contributed by atoms with Crippen molar-refractivity contribution in [2.75, 3.05) is 19.6 Å². The molecule has 0 amide bonds. The van der Waals surface area contributed by atoms with E-state index in [0.29, 0.717) is 24.1 Å². The lowest BCUT2D eigenvalue weighted by Crippen LogP contribution is -2.34. The molecule has 1 aliphatic heterocycles. The highest BCUT2D eigenvalue weighted by molar-refractivity contribution is 9.10. The first-order valence-electron chi connectivity index (χ1n) is 5.94. The molecular formula is C12H17BrClFN2O2S. The molecule has 8 heteroatoms. The number of nitrogens with two attached hydrogens (primary N) is 1. The van der Waals surface area contributed by atoms with E-state index in [1.165, 1.54) is 16.4 Å². The molecule has 0 radical (unpaired) electrons. The van der Waals surface area contributed by atoms with Gasteiger partial charge in [-0.25, -0.2) is 12.8 Å². The van der Waals surface area contributed by atoms with E-state index in [0.717, 1.165) is 12.5 Å². The van der Waals surface area contributed by atoms with E-state index >= 15 is 0 Å². The first kappa shape index (κ1) is 17.8. The summed E-state index contributed by atoms with van der Waals surface area (Å²) < 4.78 is 40.0. The van der Waals surface area contributed by atoms with E-state index in [-0.39, 0.29) is 22.7 Å². The molecule has 1 fully saturated rings. The monoisotopic (exact) mass is 386 g/mol. The lowest BCUT2D eigenvalue weighted by Gasteiger charge is -2.22. The van der Waals surface area contributed by atoms with Gasteiger partial charge in [-0.3, -0.25) is 0 Å². The van der Waals surface area contributed by atoms with Crippen molar-refractivity contribution < 1.29 is 12.8 Å². The quantitative estimate of drug-likeness (QED) is 0.866. The van der Waals surface area contributed by atoms with Gasteiger partial charge in [0.15, 0.2) is 0 Å². The molecule has 1 atom stereocenters. The van der Waals surface area contributed by atoms with Gasteiger partial charge < -0.3 is 5.73 Å². The van der Waals surface area contributed by atoms with E-state index in [4.69, 9.17) is 5.73 Å². The van der Waals surface area contributed by atoms with Gasteiger partial charge in [0.05, 0.1) is 4.90 Å². The van der Waals surface area contributed by atoms with Gasteiger partial charge in [-0.2, -0.15) is 4.31 Å². The number of hydrogen-bond donors (Lipinski definition) is 1. The van der Waals surface area contributed by atoms with Crippen molar-refractivity contribution >= 4 is 38.4 Å². The minimum Gasteiger partial charge on any atom is -0.330 e. The normalized spacial score (nSPS) is 23.6. The predicted octanol–water partition coefficient (Wildman–Crippen LogP) is 2.37. The second kappa shape index (κ2) is 6.27. The van der Waals surface area contributed by atoms with Gasteiger partial charge in [0.2, 0.25) is 10.0 Å². The fraction of sp³-hybridized carbons (Fsp3) is 0.500. The number of hydrogen-bond acceptors (Lipinski definition) is 3. The maximum absolute atomic E-state index is 13.3. The van der Waals surface area contributed by atoms with Crippen LogP contribution in [-0.2, 0) is 10.0 Å². The van der Waals surface area contributed by atoms with Crippen molar-refractivity contribution in [3.05, 3.63) is 28.5 Å². The Bertz CT molecular complexity index is 599. The summed E-state index contributed by atoms with van der Waals surface area (Å²) in [7, 11) is -3.68. The van der Waals surface area contributed by atoms with Crippen LogP contribution in [0.2, 0.25) is 0 Å². The Morgan fingerprint density at radius 2 is 2.15 bits per heavy atom. The molecule has 0 aliphatic carbocycles. The van der Waals surface area contributed by atoms with Crippen molar-refractivity contribution in [1.29, 1.82) is 0 Å². The summed E-state index contributed by atoms with van der Waals surface area (Å²) >= 11 is 3.16. The van der Waals surface area contributed by atoms with Crippen LogP contribution in [0.5, 0.6) is 0 Å². The highest BCUT2D eigenvalue weighted by Crippen LogP contribution is 2.34. The number of nitrogens with zero attached hydrogens (tertiary/aromatic N) is 1. The maximum atomic E-state index is 13.3. The minimum atomic E-state index is -3.68. The summed E-state index contributed by atoms with van der Waals surface area (Å²) in [5.74, 6) is -0.567. The van der Waals surface area contributed by atoms with E-state index < -0.39 is 15.8 Å². The van der Waals surface area contributed by atoms with Crippen molar-refractivity contribution in [3.63, 3.8) is 0 Å². The third-order valence-electron chi connectivity index (χ3n) is 3.53. The average molecular weight is 388 g/mol. The van der Waals surface area contributed by atoms with Gasteiger partial charge in [-0.15, -0.1) is 12.4 Å². The van der Waals surface area contributed by atoms with Crippen LogP contribution in [-0.4, -0.2) is 32.4 Å². The topological polar surface area (TPSA) is 63.4 Å². The Labute approximate surface area is 133 Å². The third kappa shape index (κ3) is 3.33. The molecule has 1 aromatic carbocycles. The largest absolute Gasteiger partial charge is 0.330 e. The van der Waals surface area contributed by atoms with Crippen molar-refractivity contribution in [2.45, 2.75) is 18.2 Å². The second-order valence-electron chi connectivity index (χ2n) is 5.18. The van der Waals surface area contributed by atoms with Crippen LogP contribution in [0.1, 0.15) is 13.3 Å². The Kier molecular flexibility index (Phi) is 5.60. The number of halogens is 3. The Morgan fingerprint density at radius 1 is 1.50 bits per heavy atom. The first-order valence-corrected chi connectivity index (χ1v) is 8.17. The molecule has 4 nitrogen and oxygen atoms in total. The Balaban J connectivity index is 0.00000200. The first-order chi connectivity index (χ1) is 8.78. The maximum Gasteiger partial charge on any atom is 0.244 e. The minimum absolute atomic E-state index is 0. The summed E-state index contributed by atoms with van der Waals surface area (Å²) in [4.78, 5) is -0.0335. The Hall–Kier alpha value is -0.210. The van der Waals surface area contributed by atoms with E-state index in [1.54, 1.807) is 0 Å². The zero-order chi connectivity index (χ0) is 14.3. The van der Waals surface area contributed by atoms with Crippen LogP contribution in [0.25, 0.3) is 0 Å². The second-order valence-corrected chi connectivity index (χ2v) is 7.94. The highest BCUT2D eigenvalue weighted by atomic mass is 79.9. The van der Waals surface area contributed by atoms with Crippen molar-refractivity contribution in [3.8, 4) is 0 Å². The van der Waals surface area contributed by atoms with Crippen molar-refractivity contribution in [2.24, 2.45) is 11.1 Å². The molecular weight excluding hydrogens is 371 g/mol. The fourth-order valence-corrected chi connectivity index (χ4v) is 4.69. The van der Waals surface area contributed by atoms with Crippen LogP contribution >= 0.6 is 28.3 Å². The number of rotatable bonds is 3. The number of sulfonamides is 1. The van der Waals surface area contributed by atoms with Gasteiger partial charge in [0.25, 0.3) is 0 Å². The lowest BCUT2D eigenvalue weighted by molar-refractivity contribution is 0.349. The molecule has 0 saturated carbocycles. The van der Waals surface area contributed by atoms with E-state index in [2.05, 4.69) is 15.9 Å². The van der Waals surface area contributed by atoms with E-state index in [1.807, 2.05) is 6.92 Å². The van der Waals surface area contributed by atoms with E-state index in [9.17, 15) is 12.8 Å². The fourth-order valence-electron chi connectivity index (χ4n) is 2.16. The van der Waals surface area contributed by atoms with Crippen LogP contribution in [0, 0.1) is 11.2 Å². The standard InChI is InChI=1S/C12H16BrFN2O2S.ClH/c1-12(7-15)4-5-16(8-12)19(17,18)11-6-9(14)2-3-10(11)13;/h2-3,6H,4-5,7-8,15H2,1H3;1H. The lowest BCUT2D eigenvalue weighted by atomic mass is 9.90. The zero-order valence-electron chi connectivity index (χ0n) is 11.0. The molecule has 0 aromatic heterocycles. The molecule has 1 aliphatic rings. The smallest absolute Gasteiger partial charge is 0.244 e. The van der Waals surface area contributed by atoms with Crippen LogP contribution < -0.4 is 5.73 Å². The van der Waals surface area contributed by atoms with Gasteiger partial charge in [0, 0.05) is 17.6 Å².